The highest BCUT2D eigenvalue weighted by atomic mass is 79.9. The van der Waals surface area contributed by atoms with Crippen molar-refractivity contribution in [3.63, 3.8) is 0 Å². The van der Waals surface area contributed by atoms with Gasteiger partial charge < -0.3 is 5.73 Å². The SMILES string of the molecule is NC(c1ccc(Cl)s1)c1ccc(F)cc1Br. The summed E-state index contributed by atoms with van der Waals surface area (Å²) < 4.78 is 14.3. The second kappa shape index (κ2) is 4.84. The van der Waals surface area contributed by atoms with Crippen molar-refractivity contribution in [2.75, 3.05) is 0 Å². The number of hydrogen-bond donors (Lipinski definition) is 1. The molecular formula is C11H8BrClFNS. The fraction of sp³-hybridized carbons (Fsp3) is 0.0909. The van der Waals surface area contributed by atoms with Gasteiger partial charge in [-0.2, -0.15) is 0 Å². The summed E-state index contributed by atoms with van der Waals surface area (Å²) in [7, 11) is 0. The maximum atomic E-state index is 12.9. The number of rotatable bonds is 2. The first-order valence-electron chi connectivity index (χ1n) is 4.53. The minimum Gasteiger partial charge on any atom is -0.320 e. The van der Waals surface area contributed by atoms with E-state index in [-0.39, 0.29) is 11.9 Å². The number of thiophene rings is 1. The quantitative estimate of drug-likeness (QED) is 0.874. The second-order valence-corrected chi connectivity index (χ2v) is 5.89. The number of nitrogens with two attached hydrogens (primary N) is 1. The summed E-state index contributed by atoms with van der Waals surface area (Å²) in [5, 5.41) is 0. The van der Waals surface area contributed by atoms with E-state index in [2.05, 4.69) is 15.9 Å². The van der Waals surface area contributed by atoms with E-state index in [0.717, 1.165) is 10.4 Å². The molecule has 0 saturated carbocycles. The Balaban J connectivity index is 2.37. The van der Waals surface area contributed by atoms with E-state index in [4.69, 9.17) is 17.3 Å². The van der Waals surface area contributed by atoms with Crippen LogP contribution in [0.15, 0.2) is 34.8 Å². The molecule has 2 N–H and O–H groups in total. The zero-order valence-corrected chi connectivity index (χ0v) is 11.2. The van der Waals surface area contributed by atoms with Gasteiger partial charge in [0.15, 0.2) is 0 Å². The van der Waals surface area contributed by atoms with Gasteiger partial charge >= 0.3 is 0 Å². The van der Waals surface area contributed by atoms with Gasteiger partial charge in [0.25, 0.3) is 0 Å². The molecule has 0 saturated heterocycles. The Bertz CT molecular complexity index is 514. The van der Waals surface area contributed by atoms with Gasteiger partial charge in [-0.3, -0.25) is 0 Å². The molecule has 2 rings (SSSR count). The van der Waals surface area contributed by atoms with Crippen molar-refractivity contribution >= 4 is 38.9 Å². The van der Waals surface area contributed by atoms with Crippen LogP contribution in [0.5, 0.6) is 0 Å². The van der Waals surface area contributed by atoms with E-state index in [0.29, 0.717) is 8.81 Å². The minimum absolute atomic E-state index is 0.285. The number of hydrogen-bond acceptors (Lipinski definition) is 2. The van der Waals surface area contributed by atoms with Gasteiger partial charge in [-0.1, -0.05) is 33.6 Å². The molecule has 16 heavy (non-hydrogen) atoms. The van der Waals surface area contributed by atoms with Crippen molar-refractivity contribution in [3.05, 3.63) is 55.4 Å². The lowest BCUT2D eigenvalue weighted by Crippen LogP contribution is -2.10. The summed E-state index contributed by atoms with van der Waals surface area (Å²) in [6.45, 7) is 0. The number of halogens is 3. The molecule has 1 nitrogen and oxygen atoms in total. The molecule has 1 aromatic heterocycles. The Labute approximate surface area is 110 Å². The molecule has 0 radical (unpaired) electrons. The average Bonchev–Trinajstić information content (AvgIpc) is 2.64. The lowest BCUT2D eigenvalue weighted by Gasteiger charge is -2.11. The Morgan fingerprint density at radius 2 is 2.06 bits per heavy atom. The van der Waals surface area contributed by atoms with Crippen LogP contribution in [0.2, 0.25) is 4.34 Å². The molecule has 1 heterocycles. The van der Waals surface area contributed by atoms with Crippen molar-refractivity contribution in [1.29, 1.82) is 0 Å². The zero-order chi connectivity index (χ0) is 11.7. The van der Waals surface area contributed by atoms with Crippen LogP contribution >= 0.6 is 38.9 Å². The fourth-order valence-corrected chi connectivity index (χ4v) is 3.08. The van der Waals surface area contributed by atoms with Gasteiger partial charge in [0.05, 0.1) is 10.4 Å². The number of benzene rings is 1. The predicted molar refractivity (Wildman–Crippen MR) is 69.5 cm³/mol. The third kappa shape index (κ3) is 2.46. The van der Waals surface area contributed by atoms with Crippen molar-refractivity contribution in [3.8, 4) is 0 Å². The first kappa shape index (κ1) is 12.0. The Kier molecular flexibility index (Phi) is 3.64. The molecule has 0 spiro atoms. The van der Waals surface area contributed by atoms with Crippen LogP contribution in [0.25, 0.3) is 0 Å². The second-order valence-electron chi connectivity index (χ2n) is 3.29. The molecule has 0 aliphatic carbocycles. The molecule has 0 amide bonds. The van der Waals surface area contributed by atoms with E-state index in [1.54, 1.807) is 12.1 Å². The third-order valence-corrected chi connectivity index (χ3v) is 4.20. The zero-order valence-electron chi connectivity index (χ0n) is 8.08. The summed E-state index contributed by atoms with van der Waals surface area (Å²) in [5.74, 6) is -0.285. The van der Waals surface area contributed by atoms with Crippen molar-refractivity contribution in [1.82, 2.24) is 0 Å². The summed E-state index contributed by atoms with van der Waals surface area (Å²) >= 11 is 10.6. The molecule has 84 valence electrons. The normalized spacial score (nSPS) is 12.8. The van der Waals surface area contributed by atoms with Crippen LogP contribution in [-0.2, 0) is 0 Å². The fourth-order valence-electron chi connectivity index (χ4n) is 1.40. The van der Waals surface area contributed by atoms with Crippen LogP contribution in [0.3, 0.4) is 0 Å². The highest BCUT2D eigenvalue weighted by Gasteiger charge is 2.14. The molecule has 1 aromatic carbocycles. The molecule has 0 aliphatic heterocycles. The lowest BCUT2D eigenvalue weighted by molar-refractivity contribution is 0.625. The van der Waals surface area contributed by atoms with Crippen LogP contribution < -0.4 is 5.73 Å². The van der Waals surface area contributed by atoms with Gasteiger partial charge in [-0.15, -0.1) is 11.3 Å². The van der Waals surface area contributed by atoms with E-state index in [9.17, 15) is 4.39 Å². The summed E-state index contributed by atoms with van der Waals surface area (Å²) in [6, 6.07) is 7.89. The Morgan fingerprint density at radius 3 is 2.62 bits per heavy atom. The molecule has 2 aromatic rings. The van der Waals surface area contributed by atoms with Crippen molar-refractivity contribution in [2.45, 2.75) is 6.04 Å². The van der Waals surface area contributed by atoms with Gasteiger partial charge in [0.2, 0.25) is 0 Å². The van der Waals surface area contributed by atoms with Gasteiger partial charge in [-0.05, 0) is 29.8 Å². The van der Waals surface area contributed by atoms with Crippen LogP contribution in [-0.4, -0.2) is 0 Å². The topological polar surface area (TPSA) is 26.0 Å². The molecule has 5 heteroatoms. The first-order valence-corrected chi connectivity index (χ1v) is 6.52. The molecule has 0 bridgehead atoms. The largest absolute Gasteiger partial charge is 0.320 e. The van der Waals surface area contributed by atoms with E-state index in [1.165, 1.54) is 23.5 Å². The van der Waals surface area contributed by atoms with Gasteiger partial charge in [0.1, 0.15) is 5.82 Å². The van der Waals surface area contributed by atoms with Crippen molar-refractivity contribution < 1.29 is 4.39 Å². The molecule has 0 fully saturated rings. The summed E-state index contributed by atoms with van der Waals surface area (Å²) in [5.41, 5.74) is 6.93. The smallest absolute Gasteiger partial charge is 0.124 e. The average molecular weight is 321 g/mol. The highest BCUT2D eigenvalue weighted by molar-refractivity contribution is 9.10. The van der Waals surface area contributed by atoms with Gasteiger partial charge in [0, 0.05) is 9.35 Å². The maximum Gasteiger partial charge on any atom is 0.124 e. The van der Waals surface area contributed by atoms with E-state index < -0.39 is 0 Å². The van der Waals surface area contributed by atoms with Crippen LogP contribution in [0, 0.1) is 5.82 Å². The first-order chi connectivity index (χ1) is 7.58. The van der Waals surface area contributed by atoms with E-state index >= 15 is 0 Å². The van der Waals surface area contributed by atoms with Crippen LogP contribution in [0.4, 0.5) is 4.39 Å². The van der Waals surface area contributed by atoms with Gasteiger partial charge in [-0.25, -0.2) is 4.39 Å². The van der Waals surface area contributed by atoms with Crippen molar-refractivity contribution in [2.24, 2.45) is 5.73 Å². The lowest BCUT2D eigenvalue weighted by atomic mass is 10.1. The summed E-state index contributed by atoms with van der Waals surface area (Å²) in [4.78, 5) is 0.956. The third-order valence-electron chi connectivity index (χ3n) is 2.20. The molecular weight excluding hydrogens is 313 g/mol. The Hall–Kier alpha value is -0.420. The molecule has 1 atom stereocenters. The minimum atomic E-state index is -0.285. The summed E-state index contributed by atoms with van der Waals surface area (Å²) in [6.07, 6.45) is 0. The molecule has 1 unspecified atom stereocenters. The maximum absolute atomic E-state index is 12.9. The highest BCUT2D eigenvalue weighted by Crippen LogP contribution is 2.32. The molecule has 0 aliphatic rings. The standard InChI is InChI=1S/C11H8BrClFNS/c12-8-5-6(14)1-2-7(8)11(15)9-3-4-10(13)16-9/h1-5,11H,15H2. The Morgan fingerprint density at radius 1 is 1.31 bits per heavy atom. The van der Waals surface area contributed by atoms with E-state index in [1.807, 2.05) is 6.07 Å². The van der Waals surface area contributed by atoms with Crippen LogP contribution in [0.1, 0.15) is 16.5 Å². The predicted octanol–water partition coefficient (Wildman–Crippen LogP) is 4.35. The monoisotopic (exact) mass is 319 g/mol.